The van der Waals surface area contributed by atoms with Gasteiger partial charge in [-0.1, -0.05) is 42.5 Å². The van der Waals surface area contributed by atoms with Gasteiger partial charge < -0.3 is 10.8 Å². The summed E-state index contributed by atoms with van der Waals surface area (Å²) in [6.45, 7) is 0. The summed E-state index contributed by atoms with van der Waals surface area (Å²) in [5.41, 5.74) is 6.41. The van der Waals surface area contributed by atoms with Crippen molar-refractivity contribution in [2.75, 3.05) is 0 Å². The third kappa shape index (κ3) is 1.51. The number of carbonyl (C=O) groups is 1. The summed E-state index contributed by atoms with van der Waals surface area (Å²) in [7, 11) is 0. The summed E-state index contributed by atoms with van der Waals surface area (Å²) < 4.78 is 0. The van der Waals surface area contributed by atoms with E-state index in [9.17, 15) is 9.90 Å². The maximum atomic E-state index is 11.4. The molecule has 1 unspecified atom stereocenters. The predicted octanol–water partition coefficient (Wildman–Crippen LogP) is 2.70. The van der Waals surface area contributed by atoms with Crippen molar-refractivity contribution in [1.82, 2.24) is 0 Å². The molecule has 0 bridgehead atoms. The molecule has 1 aliphatic carbocycles. The van der Waals surface area contributed by atoms with Crippen molar-refractivity contribution in [3.8, 4) is 0 Å². The molecule has 0 aromatic heterocycles. The number of fused-ring (bicyclic) bond motifs is 1. The second-order valence-electron chi connectivity index (χ2n) is 5.01. The monoisotopic (exact) mass is 241 g/mol. The average Bonchev–Trinajstić information content (AvgIpc) is 3.19. The molecule has 0 spiro atoms. The van der Waals surface area contributed by atoms with Crippen LogP contribution in [0.4, 0.5) is 0 Å². The van der Waals surface area contributed by atoms with E-state index < -0.39 is 17.4 Å². The molecule has 3 heteroatoms. The molecule has 3 nitrogen and oxygen atoms in total. The molecule has 0 heterocycles. The van der Waals surface area contributed by atoms with Gasteiger partial charge in [-0.2, -0.15) is 0 Å². The topological polar surface area (TPSA) is 63.3 Å². The highest BCUT2D eigenvalue weighted by molar-refractivity contribution is 5.88. The van der Waals surface area contributed by atoms with Crippen molar-refractivity contribution in [3.63, 3.8) is 0 Å². The SMILES string of the molecule is NC(c1cccc2ccccc12)C1(C(=O)O)CC1. The summed E-state index contributed by atoms with van der Waals surface area (Å²) in [5.74, 6) is -0.775. The van der Waals surface area contributed by atoms with Gasteiger partial charge in [0, 0.05) is 6.04 Å². The zero-order valence-electron chi connectivity index (χ0n) is 9.97. The van der Waals surface area contributed by atoms with Gasteiger partial charge in [0.1, 0.15) is 0 Å². The highest BCUT2D eigenvalue weighted by atomic mass is 16.4. The van der Waals surface area contributed by atoms with Crippen molar-refractivity contribution in [1.29, 1.82) is 0 Å². The highest BCUT2D eigenvalue weighted by Crippen LogP contribution is 2.54. The first-order chi connectivity index (χ1) is 8.65. The smallest absolute Gasteiger partial charge is 0.311 e. The van der Waals surface area contributed by atoms with Crippen LogP contribution in [0.1, 0.15) is 24.4 Å². The second kappa shape index (κ2) is 3.82. The van der Waals surface area contributed by atoms with Gasteiger partial charge in [0.25, 0.3) is 0 Å². The fraction of sp³-hybridized carbons (Fsp3) is 0.267. The van der Waals surface area contributed by atoms with Crippen LogP contribution < -0.4 is 5.73 Å². The number of hydrogen-bond acceptors (Lipinski definition) is 2. The summed E-state index contributed by atoms with van der Waals surface area (Å²) in [6, 6.07) is 13.4. The number of nitrogens with two attached hydrogens (primary N) is 1. The molecule has 3 rings (SSSR count). The Bertz CT molecular complexity index is 611. The quantitative estimate of drug-likeness (QED) is 0.868. The molecule has 18 heavy (non-hydrogen) atoms. The van der Waals surface area contributed by atoms with Crippen LogP contribution in [-0.2, 0) is 4.79 Å². The fourth-order valence-electron chi connectivity index (χ4n) is 2.61. The summed E-state index contributed by atoms with van der Waals surface area (Å²) in [6.07, 6.45) is 1.35. The Hall–Kier alpha value is -1.87. The Balaban J connectivity index is 2.12. The van der Waals surface area contributed by atoms with E-state index in [1.807, 2.05) is 42.5 Å². The third-order valence-electron chi connectivity index (χ3n) is 3.97. The highest BCUT2D eigenvalue weighted by Gasteiger charge is 2.55. The third-order valence-corrected chi connectivity index (χ3v) is 3.97. The molecule has 2 aromatic rings. The maximum absolute atomic E-state index is 11.4. The molecule has 2 aromatic carbocycles. The minimum absolute atomic E-state index is 0.430. The zero-order chi connectivity index (χ0) is 12.8. The summed E-state index contributed by atoms with van der Waals surface area (Å²) in [4.78, 5) is 11.4. The van der Waals surface area contributed by atoms with E-state index in [0.717, 1.165) is 16.3 Å². The van der Waals surface area contributed by atoms with E-state index in [-0.39, 0.29) is 0 Å². The lowest BCUT2D eigenvalue weighted by Gasteiger charge is -2.21. The normalized spacial score (nSPS) is 18.5. The molecule has 0 aliphatic heterocycles. The summed E-state index contributed by atoms with van der Waals surface area (Å²) in [5, 5.41) is 11.5. The van der Waals surface area contributed by atoms with E-state index in [4.69, 9.17) is 5.73 Å². The molecule has 1 atom stereocenters. The van der Waals surface area contributed by atoms with Crippen molar-refractivity contribution in [3.05, 3.63) is 48.0 Å². The van der Waals surface area contributed by atoms with Gasteiger partial charge in [-0.15, -0.1) is 0 Å². The van der Waals surface area contributed by atoms with Gasteiger partial charge in [0.15, 0.2) is 0 Å². The maximum Gasteiger partial charge on any atom is 0.311 e. The van der Waals surface area contributed by atoms with E-state index >= 15 is 0 Å². The first-order valence-corrected chi connectivity index (χ1v) is 6.12. The van der Waals surface area contributed by atoms with Gasteiger partial charge in [-0.3, -0.25) is 4.79 Å². The lowest BCUT2D eigenvalue weighted by atomic mass is 9.88. The average molecular weight is 241 g/mol. The Kier molecular flexibility index (Phi) is 2.38. The molecule has 1 saturated carbocycles. The predicted molar refractivity (Wildman–Crippen MR) is 70.2 cm³/mol. The first-order valence-electron chi connectivity index (χ1n) is 6.12. The van der Waals surface area contributed by atoms with Gasteiger partial charge in [0.05, 0.1) is 5.41 Å². The Morgan fingerprint density at radius 1 is 1.17 bits per heavy atom. The van der Waals surface area contributed by atoms with Crippen LogP contribution in [0.3, 0.4) is 0 Å². The molecular weight excluding hydrogens is 226 g/mol. The number of aliphatic carboxylic acids is 1. The molecule has 3 N–H and O–H groups in total. The minimum Gasteiger partial charge on any atom is -0.481 e. The zero-order valence-corrected chi connectivity index (χ0v) is 9.97. The van der Waals surface area contributed by atoms with Crippen LogP contribution in [0.25, 0.3) is 10.8 Å². The fourth-order valence-corrected chi connectivity index (χ4v) is 2.61. The first kappa shape index (κ1) is 11.2. The minimum atomic E-state index is -0.775. The summed E-state index contributed by atoms with van der Waals surface area (Å²) >= 11 is 0. The lowest BCUT2D eigenvalue weighted by Crippen LogP contribution is -2.30. The van der Waals surface area contributed by atoms with E-state index in [1.54, 1.807) is 0 Å². The number of hydrogen-bond donors (Lipinski definition) is 2. The number of rotatable bonds is 3. The molecule has 1 fully saturated rings. The molecule has 92 valence electrons. The van der Waals surface area contributed by atoms with Crippen molar-refractivity contribution in [2.45, 2.75) is 18.9 Å². The van der Waals surface area contributed by atoms with Gasteiger partial charge >= 0.3 is 5.97 Å². The second-order valence-corrected chi connectivity index (χ2v) is 5.01. The van der Waals surface area contributed by atoms with Crippen LogP contribution in [0.2, 0.25) is 0 Å². The van der Waals surface area contributed by atoms with Crippen molar-refractivity contribution < 1.29 is 9.90 Å². The Morgan fingerprint density at radius 3 is 2.50 bits per heavy atom. The largest absolute Gasteiger partial charge is 0.481 e. The number of benzene rings is 2. The van der Waals surface area contributed by atoms with Crippen LogP contribution in [-0.4, -0.2) is 11.1 Å². The van der Waals surface area contributed by atoms with Gasteiger partial charge in [0.2, 0.25) is 0 Å². The molecule has 0 saturated heterocycles. The van der Waals surface area contributed by atoms with E-state index in [0.29, 0.717) is 12.8 Å². The van der Waals surface area contributed by atoms with Gasteiger partial charge in [-0.05, 0) is 29.2 Å². The van der Waals surface area contributed by atoms with Gasteiger partial charge in [-0.25, -0.2) is 0 Å². The van der Waals surface area contributed by atoms with E-state index in [1.165, 1.54) is 0 Å². The molecule has 0 amide bonds. The van der Waals surface area contributed by atoms with Crippen molar-refractivity contribution >= 4 is 16.7 Å². The van der Waals surface area contributed by atoms with Crippen LogP contribution >= 0.6 is 0 Å². The standard InChI is InChI=1S/C15H15NO2/c16-13(15(8-9-15)14(17)18)12-7-3-5-10-4-1-2-6-11(10)12/h1-7,13H,8-9,16H2,(H,17,18). The molecule has 0 radical (unpaired) electrons. The molecule has 1 aliphatic rings. The molecular formula is C15H15NO2. The number of carboxylic acids is 1. The Labute approximate surface area is 105 Å². The Morgan fingerprint density at radius 2 is 1.83 bits per heavy atom. The van der Waals surface area contributed by atoms with Crippen LogP contribution in [0.5, 0.6) is 0 Å². The van der Waals surface area contributed by atoms with Crippen LogP contribution in [0.15, 0.2) is 42.5 Å². The van der Waals surface area contributed by atoms with Crippen molar-refractivity contribution in [2.24, 2.45) is 11.1 Å². The lowest BCUT2D eigenvalue weighted by molar-refractivity contribution is -0.144. The van der Waals surface area contributed by atoms with Crippen LogP contribution in [0, 0.1) is 5.41 Å². The van der Waals surface area contributed by atoms with E-state index in [2.05, 4.69) is 0 Å². The number of carboxylic acid groups (broad SMARTS) is 1.